The third kappa shape index (κ3) is 5.64. The highest BCUT2D eigenvalue weighted by Crippen LogP contribution is 2.28. The van der Waals surface area contributed by atoms with E-state index in [0.29, 0.717) is 13.1 Å². The zero-order chi connectivity index (χ0) is 18.2. The van der Waals surface area contributed by atoms with Gasteiger partial charge in [-0.25, -0.2) is 4.98 Å². The number of hydrogen-bond acceptors (Lipinski definition) is 4. The Balaban J connectivity index is 2.10. The average molecular weight is 381 g/mol. The summed E-state index contributed by atoms with van der Waals surface area (Å²) in [6, 6.07) is 7.98. The van der Waals surface area contributed by atoms with Gasteiger partial charge in [-0.05, 0) is 30.9 Å². The van der Waals surface area contributed by atoms with Gasteiger partial charge in [0.1, 0.15) is 12.2 Å². The van der Waals surface area contributed by atoms with Crippen molar-refractivity contribution < 1.29 is 0 Å². The number of benzene rings is 1. The monoisotopic (exact) mass is 380 g/mol. The zero-order valence-electron chi connectivity index (χ0n) is 15.1. The normalized spacial score (nSPS) is 12.9. The molecule has 0 bridgehead atoms. The average Bonchev–Trinajstić information content (AvgIpc) is 2.99. The Bertz CT molecular complexity index is 702. The lowest BCUT2D eigenvalue weighted by atomic mass is 10.1. The van der Waals surface area contributed by atoms with E-state index in [1.54, 1.807) is 22.8 Å². The first-order chi connectivity index (χ1) is 12.0. The first kappa shape index (κ1) is 19.6. The van der Waals surface area contributed by atoms with Crippen LogP contribution in [0.25, 0.3) is 0 Å². The summed E-state index contributed by atoms with van der Waals surface area (Å²) in [6.45, 7) is 4.19. The molecule has 0 saturated heterocycles. The number of aryl methyl sites for hydroxylation is 1. The summed E-state index contributed by atoms with van der Waals surface area (Å²) < 4.78 is 1.77. The second kappa shape index (κ2) is 9.68. The van der Waals surface area contributed by atoms with Gasteiger partial charge in [-0.3, -0.25) is 9.67 Å². The van der Waals surface area contributed by atoms with E-state index < -0.39 is 0 Å². The summed E-state index contributed by atoms with van der Waals surface area (Å²) in [5.74, 6) is 1.75. The van der Waals surface area contributed by atoms with E-state index in [9.17, 15) is 0 Å². The Kier molecular flexibility index (Phi) is 7.58. The van der Waals surface area contributed by atoms with Gasteiger partial charge in [-0.2, -0.15) is 16.9 Å². The van der Waals surface area contributed by atoms with E-state index in [2.05, 4.69) is 39.5 Å². The van der Waals surface area contributed by atoms with Crippen LogP contribution in [0, 0.1) is 0 Å². The van der Waals surface area contributed by atoms with Crippen LogP contribution < -0.4 is 5.32 Å². The molecular weight excluding hydrogens is 356 g/mol. The van der Waals surface area contributed by atoms with Gasteiger partial charge in [0.2, 0.25) is 0 Å². The lowest BCUT2D eigenvalue weighted by Crippen LogP contribution is -2.39. The van der Waals surface area contributed by atoms with Crippen LogP contribution in [0.5, 0.6) is 0 Å². The summed E-state index contributed by atoms with van der Waals surface area (Å²) >= 11 is 7.90. The van der Waals surface area contributed by atoms with Crippen LogP contribution in [0.2, 0.25) is 5.02 Å². The largest absolute Gasteiger partial charge is 0.357 e. The van der Waals surface area contributed by atoms with Crippen molar-refractivity contribution in [2.24, 2.45) is 12.0 Å². The summed E-state index contributed by atoms with van der Waals surface area (Å²) in [4.78, 5) is 11.1. The number of thioether (sulfide) groups is 1. The summed E-state index contributed by atoms with van der Waals surface area (Å²) in [7, 11) is 3.90. The molecule has 0 aliphatic carbocycles. The highest BCUT2D eigenvalue weighted by Gasteiger charge is 2.13. The van der Waals surface area contributed by atoms with Gasteiger partial charge in [0.05, 0.1) is 13.1 Å². The molecule has 2 rings (SSSR count). The molecule has 1 atom stereocenters. The zero-order valence-corrected chi connectivity index (χ0v) is 16.7. The molecule has 25 heavy (non-hydrogen) atoms. The first-order valence-corrected chi connectivity index (χ1v) is 9.82. The molecule has 1 heterocycles. The van der Waals surface area contributed by atoms with Gasteiger partial charge >= 0.3 is 0 Å². The van der Waals surface area contributed by atoms with Crippen molar-refractivity contribution in [1.29, 1.82) is 0 Å². The van der Waals surface area contributed by atoms with Gasteiger partial charge < -0.3 is 10.2 Å². The van der Waals surface area contributed by atoms with Crippen molar-refractivity contribution >= 4 is 29.3 Å². The quantitative estimate of drug-likeness (QED) is 0.591. The number of halogens is 1. The maximum atomic E-state index is 6.12. The first-order valence-electron chi connectivity index (χ1n) is 8.15. The van der Waals surface area contributed by atoms with Crippen LogP contribution in [-0.4, -0.2) is 52.0 Å². The number of nitrogens with one attached hydrogen (secondary N) is 1. The molecule has 0 fully saturated rings. The second-order valence-electron chi connectivity index (χ2n) is 5.63. The topological polar surface area (TPSA) is 58.3 Å². The standard InChI is InChI=1S/C17H25ClN6S/c1-5-19-17(23(2)11-16-21-12-22-24(16)3)20-10-15(25-4)13-7-6-8-14(18)9-13/h6-9,12,15H,5,10-11H2,1-4H3,(H,19,20). The van der Waals surface area contributed by atoms with Crippen molar-refractivity contribution in [2.45, 2.75) is 18.7 Å². The number of guanidine groups is 1. The van der Waals surface area contributed by atoms with E-state index in [0.717, 1.165) is 23.4 Å². The fourth-order valence-electron chi connectivity index (χ4n) is 2.41. The van der Waals surface area contributed by atoms with Crippen molar-refractivity contribution in [1.82, 2.24) is 25.0 Å². The third-order valence-corrected chi connectivity index (χ3v) is 5.02. The summed E-state index contributed by atoms with van der Waals surface area (Å²) in [5.41, 5.74) is 1.19. The Labute approximate surface area is 158 Å². The van der Waals surface area contributed by atoms with Gasteiger partial charge in [0.15, 0.2) is 5.96 Å². The number of aromatic nitrogens is 3. The van der Waals surface area contributed by atoms with Crippen molar-refractivity contribution in [3.05, 3.63) is 47.0 Å². The maximum absolute atomic E-state index is 6.12. The third-order valence-electron chi connectivity index (χ3n) is 3.79. The van der Waals surface area contributed by atoms with Crippen LogP contribution in [-0.2, 0) is 13.6 Å². The molecule has 136 valence electrons. The number of rotatable bonds is 7. The lowest BCUT2D eigenvalue weighted by Gasteiger charge is -2.22. The van der Waals surface area contributed by atoms with Gasteiger partial charge in [-0.15, -0.1) is 0 Å². The maximum Gasteiger partial charge on any atom is 0.194 e. The molecule has 1 aromatic heterocycles. The predicted octanol–water partition coefficient (Wildman–Crippen LogP) is 2.97. The fraction of sp³-hybridized carbons (Fsp3) is 0.471. The van der Waals surface area contributed by atoms with Crippen LogP contribution >= 0.6 is 23.4 Å². The predicted molar refractivity (Wildman–Crippen MR) is 106 cm³/mol. The molecule has 1 aromatic carbocycles. The van der Waals surface area contributed by atoms with Crippen molar-refractivity contribution in [3.8, 4) is 0 Å². The molecular formula is C17H25ClN6S. The van der Waals surface area contributed by atoms with Gasteiger partial charge in [-0.1, -0.05) is 23.7 Å². The number of aliphatic imine (C=N–C) groups is 1. The minimum Gasteiger partial charge on any atom is -0.357 e. The highest BCUT2D eigenvalue weighted by atomic mass is 35.5. The van der Waals surface area contributed by atoms with Crippen LogP contribution in [0.4, 0.5) is 0 Å². The van der Waals surface area contributed by atoms with Crippen molar-refractivity contribution in [3.63, 3.8) is 0 Å². The number of nitrogens with zero attached hydrogens (tertiary/aromatic N) is 5. The van der Waals surface area contributed by atoms with E-state index in [1.165, 1.54) is 5.56 Å². The summed E-state index contributed by atoms with van der Waals surface area (Å²) in [6.07, 6.45) is 3.66. The lowest BCUT2D eigenvalue weighted by molar-refractivity contribution is 0.448. The molecule has 0 aliphatic heterocycles. The molecule has 1 N–H and O–H groups in total. The Hall–Kier alpha value is -1.73. The minimum atomic E-state index is 0.260. The molecule has 6 nitrogen and oxygen atoms in total. The molecule has 0 spiro atoms. The van der Waals surface area contributed by atoms with E-state index in [4.69, 9.17) is 16.6 Å². The molecule has 8 heteroatoms. The van der Waals surface area contributed by atoms with Crippen LogP contribution in [0.3, 0.4) is 0 Å². The Morgan fingerprint density at radius 3 is 2.88 bits per heavy atom. The minimum absolute atomic E-state index is 0.260. The molecule has 0 amide bonds. The smallest absolute Gasteiger partial charge is 0.194 e. The molecule has 0 saturated carbocycles. The highest BCUT2D eigenvalue weighted by molar-refractivity contribution is 7.98. The van der Waals surface area contributed by atoms with E-state index in [1.807, 2.05) is 32.3 Å². The molecule has 0 aliphatic rings. The van der Waals surface area contributed by atoms with Gasteiger partial charge in [0.25, 0.3) is 0 Å². The van der Waals surface area contributed by atoms with E-state index in [-0.39, 0.29) is 5.25 Å². The van der Waals surface area contributed by atoms with Crippen LogP contribution in [0.1, 0.15) is 23.6 Å². The Morgan fingerprint density at radius 1 is 1.48 bits per heavy atom. The van der Waals surface area contributed by atoms with Crippen molar-refractivity contribution in [2.75, 3.05) is 26.4 Å². The molecule has 2 aromatic rings. The van der Waals surface area contributed by atoms with Gasteiger partial charge in [0, 0.05) is 30.9 Å². The Morgan fingerprint density at radius 2 is 2.28 bits per heavy atom. The fourth-order valence-corrected chi connectivity index (χ4v) is 3.25. The number of hydrogen-bond donors (Lipinski definition) is 1. The SMILES string of the molecule is CCNC(=NCC(SC)c1cccc(Cl)c1)N(C)Cc1ncnn1C. The molecule has 0 radical (unpaired) electrons. The van der Waals surface area contributed by atoms with E-state index >= 15 is 0 Å². The van der Waals surface area contributed by atoms with Crippen LogP contribution in [0.15, 0.2) is 35.6 Å². The summed E-state index contributed by atoms with van der Waals surface area (Å²) in [5, 5.41) is 8.47. The molecule has 1 unspecified atom stereocenters. The second-order valence-corrected chi connectivity index (χ2v) is 7.11.